The van der Waals surface area contributed by atoms with Crippen LogP contribution in [-0.4, -0.2) is 23.5 Å². The summed E-state index contributed by atoms with van der Waals surface area (Å²) in [7, 11) is 0. The van der Waals surface area contributed by atoms with Gasteiger partial charge in [0.15, 0.2) is 0 Å². The predicted molar refractivity (Wildman–Crippen MR) is 81.7 cm³/mol. The molecule has 0 unspecified atom stereocenters. The lowest BCUT2D eigenvalue weighted by Crippen LogP contribution is -2.23. The van der Waals surface area contributed by atoms with Gasteiger partial charge in [-0.3, -0.25) is 9.59 Å². The molecule has 0 fully saturated rings. The fourth-order valence-electron chi connectivity index (χ4n) is 2.14. The standard InChI is InChI=1S/C16H31NO3/c1-2-3-4-5-8-11-14-17-15(18)12-9-6-7-10-13-16(19)20/h2-14H2,1H3,(H,17,18)(H,19,20). The molecule has 0 aliphatic heterocycles. The summed E-state index contributed by atoms with van der Waals surface area (Å²) in [4.78, 5) is 21.8. The number of rotatable bonds is 14. The number of carboxylic acid groups (broad SMARTS) is 1. The van der Waals surface area contributed by atoms with Gasteiger partial charge in [0.2, 0.25) is 5.91 Å². The van der Waals surface area contributed by atoms with E-state index in [9.17, 15) is 9.59 Å². The Morgan fingerprint density at radius 3 is 2.00 bits per heavy atom. The first kappa shape index (κ1) is 18.9. The SMILES string of the molecule is CCCCCCCCNC(=O)CCCCCCC(=O)O. The van der Waals surface area contributed by atoms with E-state index in [0.29, 0.717) is 12.8 Å². The maximum Gasteiger partial charge on any atom is 0.303 e. The van der Waals surface area contributed by atoms with Gasteiger partial charge in [-0.1, -0.05) is 51.9 Å². The largest absolute Gasteiger partial charge is 0.481 e. The third kappa shape index (κ3) is 15.0. The van der Waals surface area contributed by atoms with Gasteiger partial charge in [0.05, 0.1) is 0 Å². The molecular formula is C16H31NO3. The Morgan fingerprint density at radius 2 is 1.35 bits per heavy atom. The van der Waals surface area contributed by atoms with Crippen molar-refractivity contribution in [1.29, 1.82) is 0 Å². The first-order chi connectivity index (χ1) is 9.66. The second kappa shape index (κ2) is 14.4. The zero-order valence-electron chi connectivity index (χ0n) is 13.0. The molecule has 0 heterocycles. The van der Waals surface area contributed by atoms with Crippen molar-refractivity contribution in [1.82, 2.24) is 5.32 Å². The van der Waals surface area contributed by atoms with Crippen LogP contribution in [0.3, 0.4) is 0 Å². The number of carbonyl (C=O) groups is 2. The highest BCUT2D eigenvalue weighted by Gasteiger charge is 2.01. The Morgan fingerprint density at radius 1 is 0.800 bits per heavy atom. The number of nitrogens with one attached hydrogen (secondary N) is 1. The predicted octanol–water partition coefficient (Wildman–Crippen LogP) is 3.89. The quantitative estimate of drug-likeness (QED) is 0.476. The first-order valence-corrected chi connectivity index (χ1v) is 8.15. The highest BCUT2D eigenvalue weighted by atomic mass is 16.4. The molecule has 0 aromatic carbocycles. The number of carboxylic acids is 1. The van der Waals surface area contributed by atoms with E-state index in [1.807, 2.05) is 0 Å². The Hall–Kier alpha value is -1.06. The molecule has 118 valence electrons. The third-order valence-corrected chi connectivity index (χ3v) is 3.40. The van der Waals surface area contributed by atoms with Crippen LogP contribution in [0.1, 0.15) is 84.0 Å². The van der Waals surface area contributed by atoms with Gasteiger partial charge in [0, 0.05) is 19.4 Å². The summed E-state index contributed by atoms with van der Waals surface area (Å²) >= 11 is 0. The molecule has 4 heteroatoms. The van der Waals surface area contributed by atoms with Crippen molar-refractivity contribution in [3.63, 3.8) is 0 Å². The molecule has 0 aliphatic rings. The molecule has 0 rings (SSSR count). The first-order valence-electron chi connectivity index (χ1n) is 8.15. The van der Waals surface area contributed by atoms with Crippen molar-refractivity contribution in [2.45, 2.75) is 84.0 Å². The highest BCUT2D eigenvalue weighted by molar-refractivity contribution is 5.75. The number of hydrogen-bond donors (Lipinski definition) is 2. The van der Waals surface area contributed by atoms with E-state index < -0.39 is 5.97 Å². The molecule has 0 aromatic heterocycles. The monoisotopic (exact) mass is 285 g/mol. The highest BCUT2D eigenvalue weighted by Crippen LogP contribution is 2.06. The normalized spacial score (nSPS) is 10.4. The van der Waals surface area contributed by atoms with Crippen LogP contribution >= 0.6 is 0 Å². The molecule has 1 amide bonds. The molecule has 0 radical (unpaired) electrons. The van der Waals surface area contributed by atoms with Crippen LogP contribution in [0.2, 0.25) is 0 Å². The minimum Gasteiger partial charge on any atom is -0.481 e. The molecule has 2 N–H and O–H groups in total. The molecule has 0 saturated carbocycles. The molecule has 0 spiro atoms. The smallest absolute Gasteiger partial charge is 0.303 e. The third-order valence-electron chi connectivity index (χ3n) is 3.40. The van der Waals surface area contributed by atoms with Gasteiger partial charge >= 0.3 is 5.97 Å². The zero-order chi connectivity index (χ0) is 15.1. The van der Waals surface area contributed by atoms with Crippen LogP contribution in [-0.2, 0) is 9.59 Å². The van der Waals surface area contributed by atoms with E-state index >= 15 is 0 Å². The lowest BCUT2D eigenvalue weighted by atomic mass is 10.1. The van der Waals surface area contributed by atoms with E-state index in [1.54, 1.807) is 0 Å². The lowest BCUT2D eigenvalue weighted by Gasteiger charge is -2.05. The summed E-state index contributed by atoms with van der Waals surface area (Å²) in [5.41, 5.74) is 0. The van der Waals surface area contributed by atoms with E-state index in [2.05, 4.69) is 12.2 Å². The van der Waals surface area contributed by atoms with E-state index in [4.69, 9.17) is 5.11 Å². The summed E-state index contributed by atoms with van der Waals surface area (Å²) in [6, 6.07) is 0. The summed E-state index contributed by atoms with van der Waals surface area (Å²) < 4.78 is 0. The number of hydrogen-bond acceptors (Lipinski definition) is 2. The Bertz CT molecular complexity index is 254. The second-order valence-electron chi connectivity index (χ2n) is 5.43. The Kier molecular flexibility index (Phi) is 13.6. The average molecular weight is 285 g/mol. The maximum absolute atomic E-state index is 11.5. The van der Waals surface area contributed by atoms with Gasteiger partial charge in [-0.25, -0.2) is 0 Å². The molecule has 20 heavy (non-hydrogen) atoms. The number of aliphatic carboxylic acids is 1. The lowest BCUT2D eigenvalue weighted by molar-refractivity contribution is -0.137. The summed E-state index contributed by atoms with van der Waals surface area (Å²) in [5.74, 6) is -0.599. The van der Waals surface area contributed by atoms with Gasteiger partial charge < -0.3 is 10.4 Å². The van der Waals surface area contributed by atoms with Gasteiger partial charge in [-0.2, -0.15) is 0 Å². The van der Waals surface area contributed by atoms with Crippen molar-refractivity contribution < 1.29 is 14.7 Å². The zero-order valence-corrected chi connectivity index (χ0v) is 13.0. The maximum atomic E-state index is 11.5. The summed E-state index contributed by atoms with van der Waals surface area (Å²) in [5, 5.41) is 11.4. The Balaban J connectivity index is 3.19. The topological polar surface area (TPSA) is 66.4 Å². The number of carbonyl (C=O) groups excluding carboxylic acids is 1. The van der Waals surface area contributed by atoms with Crippen LogP contribution in [0.5, 0.6) is 0 Å². The molecule has 0 aliphatic carbocycles. The molecular weight excluding hydrogens is 254 g/mol. The van der Waals surface area contributed by atoms with E-state index in [0.717, 1.165) is 32.2 Å². The molecule has 0 saturated heterocycles. The van der Waals surface area contributed by atoms with Crippen LogP contribution in [0.4, 0.5) is 0 Å². The minimum atomic E-state index is -0.735. The van der Waals surface area contributed by atoms with Gasteiger partial charge in [-0.15, -0.1) is 0 Å². The van der Waals surface area contributed by atoms with E-state index in [1.165, 1.54) is 32.1 Å². The van der Waals surface area contributed by atoms with Crippen molar-refractivity contribution >= 4 is 11.9 Å². The van der Waals surface area contributed by atoms with Crippen molar-refractivity contribution in [2.75, 3.05) is 6.54 Å². The van der Waals surface area contributed by atoms with Crippen LogP contribution in [0.25, 0.3) is 0 Å². The molecule has 0 atom stereocenters. The van der Waals surface area contributed by atoms with Crippen molar-refractivity contribution in [3.05, 3.63) is 0 Å². The van der Waals surface area contributed by atoms with Crippen LogP contribution in [0.15, 0.2) is 0 Å². The average Bonchev–Trinajstić information content (AvgIpc) is 2.41. The molecule has 0 bridgehead atoms. The number of unbranched alkanes of at least 4 members (excludes halogenated alkanes) is 8. The van der Waals surface area contributed by atoms with Crippen molar-refractivity contribution in [2.24, 2.45) is 0 Å². The summed E-state index contributed by atoms with van der Waals surface area (Å²) in [6.07, 6.45) is 11.7. The second-order valence-corrected chi connectivity index (χ2v) is 5.43. The Labute approximate surface area is 123 Å². The fraction of sp³-hybridized carbons (Fsp3) is 0.875. The van der Waals surface area contributed by atoms with Gasteiger partial charge in [-0.05, 0) is 19.3 Å². The van der Waals surface area contributed by atoms with Crippen LogP contribution < -0.4 is 5.32 Å². The van der Waals surface area contributed by atoms with Crippen LogP contribution in [0, 0.1) is 0 Å². The van der Waals surface area contributed by atoms with Gasteiger partial charge in [0.1, 0.15) is 0 Å². The minimum absolute atomic E-state index is 0.136. The molecule has 0 aromatic rings. The van der Waals surface area contributed by atoms with Crippen molar-refractivity contribution in [3.8, 4) is 0 Å². The number of amides is 1. The fourth-order valence-corrected chi connectivity index (χ4v) is 2.14. The molecule has 4 nitrogen and oxygen atoms in total. The summed E-state index contributed by atoms with van der Waals surface area (Å²) in [6.45, 7) is 3.01. The van der Waals surface area contributed by atoms with E-state index in [-0.39, 0.29) is 12.3 Å². The van der Waals surface area contributed by atoms with Gasteiger partial charge in [0.25, 0.3) is 0 Å².